The van der Waals surface area contributed by atoms with E-state index in [1.807, 2.05) is 13.8 Å². The average Bonchev–Trinajstić information content (AvgIpc) is 2.30. The Morgan fingerprint density at radius 2 is 2.15 bits per heavy atom. The molecule has 0 atom stereocenters. The highest BCUT2D eigenvalue weighted by Gasteiger charge is 2.12. The Labute approximate surface area is 83.0 Å². The van der Waals surface area contributed by atoms with E-state index in [1.54, 1.807) is 17.8 Å². The van der Waals surface area contributed by atoms with Crippen LogP contribution in [0.15, 0.2) is 6.20 Å². The van der Waals surface area contributed by atoms with Crippen LogP contribution in [0.2, 0.25) is 0 Å². The maximum atomic E-state index is 10.6. The Bertz CT molecular complexity index is 307. The second-order valence-electron chi connectivity index (χ2n) is 3.01. The molecule has 0 bridgehead atoms. The van der Waals surface area contributed by atoms with Crippen molar-refractivity contribution in [3.63, 3.8) is 0 Å². The van der Waals surface area contributed by atoms with Crippen molar-refractivity contribution in [2.45, 2.75) is 26.8 Å². The first kappa shape index (κ1) is 12.0. The van der Waals surface area contributed by atoms with Gasteiger partial charge in [-0.15, -0.1) is 12.4 Å². The zero-order valence-electron chi connectivity index (χ0n) is 7.81. The summed E-state index contributed by atoms with van der Waals surface area (Å²) in [6.45, 7) is 5.61. The van der Waals surface area contributed by atoms with Gasteiger partial charge < -0.3 is 5.11 Å². The molecule has 0 aromatic carbocycles. The van der Waals surface area contributed by atoms with Gasteiger partial charge in [0.25, 0.3) is 0 Å². The van der Waals surface area contributed by atoms with Gasteiger partial charge in [-0.3, -0.25) is 4.68 Å². The van der Waals surface area contributed by atoms with E-state index in [-0.39, 0.29) is 24.0 Å². The van der Waals surface area contributed by atoms with Gasteiger partial charge >= 0.3 is 5.97 Å². The van der Waals surface area contributed by atoms with Crippen molar-refractivity contribution >= 4 is 18.4 Å². The van der Waals surface area contributed by atoms with Crippen LogP contribution in [0.3, 0.4) is 0 Å². The third-order valence-corrected chi connectivity index (χ3v) is 1.68. The first-order valence-corrected chi connectivity index (χ1v) is 3.81. The van der Waals surface area contributed by atoms with E-state index < -0.39 is 5.97 Å². The zero-order valence-corrected chi connectivity index (χ0v) is 8.63. The average molecular weight is 205 g/mol. The number of carboxylic acids is 1. The molecule has 0 aliphatic heterocycles. The lowest BCUT2D eigenvalue weighted by molar-refractivity contribution is 0.0696. The van der Waals surface area contributed by atoms with Gasteiger partial charge in [0.15, 0.2) is 0 Å². The summed E-state index contributed by atoms with van der Waals surface area (Å²) in [7, 11) is 0. The summed E-state index contributed by atoms with van der Waals surface area (Å²) < 4.78 is 1.65. The second kappa shape index (κ2) is 4.28. The minimum Gasteiger partial charge on any atom is -0.478 e. The van der Waals surface area contributed by atoms with Gasteiger partial charge in [0, 0.05) is 12.2 Å². The molecule has 1 heterocycles. The fraction of sp³-hybridized carbons (Fsp3) is 0.500. The van der Waals surface area contributed by atoms with Crippen molar-refractivity contribution in [3.05, 3.63) is 17.5 Å². The van der Waals surface area contributed by atoms with E-state index in [9.17, 15) is 4.79 Å². The number of carboxylic acid groups (broad SMARTS) is 1. The monoisotopic (exact) mass is 204 g/mol. The van der Waals surface area contributed by atoms with E-state index in [0.717, 1.165) is 0 Å². The van der Waals surface area contributed by atoms with Gasteiger partial charge in [-0.05, 0) is 20.8 Å². The van der Waals surface area contributed by atoms with E-state index in [0.29, 0.717) is 5.69 Å². The van der Waals surface area contributed by atoms with Crippen LogP contribution in [0.25, 0.3) is 0 Å². The molecule has 0 amide bonds. The molecule has 74 valence electrons. The number of rotatable bonds is 2. The van der Waals surface area contributed by atoms with Crippen LogP contribution in [0.5, 0.6) is 0 Å². The molecular weight excluding hydrogens is 192 g/mol. The number of hydrogen-bond donors (Lipinski definition) is 1. The Morgan fingerprint density at radius 1 is 1.62 bits per heavy atom. The molecule has 0 unspecified atom stereocenters. The molecule has 0 aliphatic rings. The number of aromatic carboxylic acids is 1. The van der Waals surface area contributed by atoms with Crippen molar-refractivity contribution in [2.24, 2.45) is 0 Å². The Hall–Kier alpha value is -1.03. The summed E-state index contributed by atoms with van der Waals surface area (Å²) in [5, 5.41) is 12.8. The summed E-state index contributed by atoms with van der Waals surface area (Å²) >= 11 is 0. The van der Waals surface area contributed by atoms with E-state index in [1.165, 1.54) is 0 Å². The van der Waals surface area contributed by atoms with Crippen LogP contribution in [0, 0.1) is 6.92 Å². The SMILES string of the molecule is Cc1nn(C(C)C)cc1C(=O)O.Cl. The Morgan fingerprint density at radius 3 is 2.38 bits per heavy atom. The van der Waals surface area contributed by atoms with Crippen LogP contribution in [0.4, 0.5) is 0 Å². The van der Waals surface area contributed by atoms with Crippen molar-refractivity contribution < 1.29 is 9.90 Å². The minimum absolute atomic E-state index is 0. The van der Waals surface area contributed by atoms with Crippen LogP contribution < -0.4 is 0 Å². The van der Waals surface area contributed by atoms with E-state index in [2.05, 4.69) is 5.10 Å². The van der Waals surface area contributed by atoms with Crippen molar-refractivity contribution in [3.8, 4) is 0 Å². The number of hydrogen-bond acceptors (Lipinski definition) is 2. The van der Waals surface area contributed by atoms with Crippen molar-refractivity contribution in [1.82, 2.24) is 9.78 Å². The van der Waals surface area contributed by atoms with Gasteiger partial charge in [-0.1, -0.05) is 0 Å². The highest BCUT2D eigenvalue weighted by molar-refractivity contribution is 5.88. The molecule has 0 saturated carbocycles. The second-order valence-corrected chi connectivity index (χ2v) is 3.01. The quantitative estimate of drug-likeness (QED) is 0.801. The molecule has 0 aliphatic carbocycles. The number of halogens is 1. The summed E-state index contributed by atoms with van der Waals surface area (Å²) in [5.74, 6) is -0.917. The molecule has 0 spiro atoms. The highest BCUT2D eigenvalue weighted by atomic mass is 35.5. The van der Waals surface area contributed by atoms with Gasteiger partial charge in [-0.25, -0.2) is 4.79 Å². The molecular formula is C8H13ClN2O2. The fourth-order valence-corrected chi connectivity index (χ4v) is 0.956. The van der Waals surface area contributed by atoms with Gasteiger partial charge in [0.1, 0.15) is 5.56 Å². The minimum atomic E-state index is -0.917. The van der Waals surface area contributed by atoms with Gasteiger partial charge in [-0.2, -0.15) is 5.10 Å². The summed E-state index contributed by atoms with van der Waals surface area (Å²) in [4.78, 5) is 10.6. The molecule has 0 radical (unpaired) electrons. The Kier molecular flexibility index (Phi) is 3.94. The molecule has 1 N–H and O–H groups in total. The normalized spacial score (nSPS) is 9.85. The number of aryl methyl sites for hydroxylation is 1. The number of aromatic nitrogens is 2. The lowest BCUT2D eigenvalue weighted by Gasteiger charge is -2.02. The van der Waals surface area contributed by atoms with Gasteiger partial charge in [0.05, 0.1) is 5.69 Å². The van der Waals surface area contributed by atoms with Gasteiger partial charge in [0.2, 0.25) is 0 Å². The maximum Gasteiger partial charge on any atom is 0.339 e. The number of carbonyl (C=O) groups is 1. The molecule has 0 fully saturated rings. The first-order chi connectivity index (χ1) is 5.52. The van der Waals surface area contributed by atoms with Crippen LogP contribution in [-0.2, 0) is 0 Å². The molecule has 13 heavy (non-hydrogen) atoms. The zero-order chi connectivity index (χ0) is 9.30. The third kappa shape index (κ3) is 2.45. The van der Waals surface area contributed by atoms with Crippen LogP contribution >= 0.6 is 12.4 Å². The highest BCUT2D eigenvalue weighted by Crippen LogP contribution is 2.09. The lowest BCUT2D eigenvalue weighted by Crippen LogP contribution is -2.00. The predicted octanol–water partition coefficient (Wildman–Crippen LogP) is 1.89. The summed E-state index contributed by atoms with van der Waals surface area (Å²) in [6, 6.07) is 0.205. The smallest absolute Gasteiger partial charge is 0.339 e. The number of nitrogens with zero attached hydrogens (tertiary/aromatic N) is 2. The molecule has 1 aromatic heterocycles. The summed E-state index contributed by atoms with van der Waals surface area (Å²) in [6.07, 6.45) is 1.56. The molecule has 0 saturated heterocycles. The maximum absolute atomic E-state index is 10.6. The van der Waals surface area contributed by atoms with Crippen LogP contribution in [-0.4, -0.2) is 20.9 Å². The third-order valence-electron chi connectivity index (χ3n) is 1.68. The van der Waals surface area contributed by atoms with Crippen molar-refractivity contribution in [1.29, 1.82) is 0 Å². The van der Waals surface area contributed by atoms with E-state index in [4.69, 9.17) is 5.11 Å². The first-order valence-electron chi connectivity index (χ1n) is 3.81. The fourth-order valence-electron chi connectivity index (χ4n) is 0.956. The Balaban J connectivity index is 0.00000144. The standard InChI is InChI=1S/C8H12N2O2.ClH/c1-5(2)10-4-7(8(11)12)6(3)9-10;/h4-5H,1-3H3,(H,11,12);1H. The van der Waals surface area contributed by atoms with Crippen LogP contribution in [0.1, 0.15) is 35.9 Å². The topological polar surface area (TPSA) is 55.1 Å². The predicted molar refractivity (Wildman–Crippen MR) is 51.6 cm³/mol. The molecule has 1 aromatic rings. The van der Waals surface area contributed by atoms with Crippen molar-refractivity contribution in [2.75, 3.05) is 0 Å². The lowest BCUT2D eigenvalue weighted by atomic mass is 10.3. The summed E-state index contributed by atoms with van der Waals surface area (Å²) in [5.41, 5.74) is 0.847. The molecule has 5 heteroatoms. The van der Waals surface area contributed by atoms with E-state index >= 15 is 0 Å². The largest absolute Gasteiger partial charge is 0.478 e. The molecule has 1 rings (SSSR count). The molecule has 4 nitrogen and oxygen atoms in total.